The van der Waals surface area contributed by atoms with Gasteiger partial charge in [-0.1, -0.05) is 28.5 Å². The minimum Gasteiger partial charge on any atom is -0.478 e. The monoisotopic (exact) mass is 491 g/mol. The van der Waals surface area contributed by atoms with Crippen molar-refractivity contribution < 1.29 is 34.2 Å². The minimum atomic E-state index is -1.72. The summed E-state index contributed by atoms with van der Waals surface area (Å²) in [6, 6.07) is -1.83. The van der Waals surface area contributed by atoms with Gasteiger partial charge in [-0.05, 0) is 13.8 Å². The summed E-state index contributed by atoms with van der Waals surface area (Å²) in [7, 11) is 0. The van der Waals surface area contributed by atoms with Crippen LogP contribution in [0, 0.1) is 0 Å². The molecule has 1 unspecified atom stereocenters. The maximum absolute atomic E-state index is 12.9. The summed E-state index contributed by atoms with van der Waals surface area (Å²) in [5.74, 6) is -3.64. The molecule has 1 saturated heterocycles. The third-order valence-corrected chi connectivity index (χ3v) is 7.15. The number of amides is 2. The highest BCUT2D eigenvalue weighted by molar-refractivity contribution is 8.14. The van der Waals surface area contributed by atoms with Crippen LogP contribution >= 0.6 is 35.1 Å². The van der Waals surface area contributed by atoms with Crippen LogP contribution in [0.15, 0.2) is 20.9 Å². The van der Waals surface area contributed by atoms with E-state index in [4.69, 9.17) is 22.2 Å². The van der Waals surface area contributed by atoms with E-state index in [0.29, 0.717) is 0 Å². The Hall–Kier alpha value is -2.45. The molecular weight excluding hydrogens is 474 g/mol. The van der Waals surface area contributed by atoms with Gasteiger partial charge in [-0.3, -0.25) is 19.5 Å². The number of nitrogens with two attached hydrogens (primary N) is 1. The number of carboxylic acid groups (broad SMARTS) is 2. The van der Waals surface area contributed by atoms with E-state index in [1.165, 1.54) is 37.4 Å². The lowest BCUT2D eigenvalue weighted by Gasteiger charge is -2.48. The molecule has 0 bridgehead atoms. The highest BCUT2D eigenvalue weighted by Crippen LogP contribution is 2.41. The van der Waals surface area contributed by atoms with Crippen LogP contribution in [0.1, 0.15) is 13.8 Å². The van der Waals surface area contributed by atoms with Crippen LogP contribution in [0.3, 0.4) is 0 Å². The fourth-order valence-electron chi connectivity index (χ4n) is 2.79. The highest BCUT2D eigenvalue weighted by atomic mass is 35.5. The van der Waals surface area contributed by atoms with Gasteiger partial charge < -0.3 is 26.1 Å². The zero-order chi connectivity index (χ0) is 23.1. The van der Waals surface area contributed by atoms with Crippen molar-refractivity contribution in [3.63, 3.8) is 0 Å². The van der Waals surface area contributed by atoms with Gasteiger partial charge in [0.25, 0.3) is 11.8 Å². The van der Waals surface area contributed by atoms with E-state index in [9.17, 15) is 29.4 Å². The van der Waals surface area contributed by atoms with Crippen molar-refractivity contribution >= 4 is 69.8 Å². The zero-order valence-electron chi connectivity index (χ0n) is 16.2. The maximum Gasteiger partial charge on any atom is 0.353 e. The number of carbonyl (C=O) groups is 4. The smallest absolute Gasteiger partial charge is 0.353 e. The number of rotatable bonds is 7. The Bertz CT molecular complexity index is 951. The molecule has 0 aliphatic carbocycles. The average Bonchev–Trinajstić information content (AvgIpc) is 3.11. The first-order chi connectivity index (χ1) is 14.4. The second-order valence-electron chi connectivity index (χ2n) is 7.10. The Morgan fingerprint density at radius 1 is 1.39 bits per heavy atom. The van der Waals surface area contributed by atoms with Crippen molar-refractivity contribution in [2.24, 2.45) is 15.9 Å². The molecule has 1 fully saturated rings. The molecule has 0 spiro atoms. The number of halogens is 1. The number of oxime groups is 1. The molecule has 31 heavy (non-hydrogen) atoms. The lowest BCUT2D eigenvalue weighted by molar-refractivity contribution is -0.161. The molecule has 0 saturated carbocycles. The average molecular weight is 492 g/mol. The van der Waals surface area contributed by atoms with E-state index in [1.54, 1.807) is 0 Å². The molecule has 168 valence electrons. The molecule has 2 amide bonds. The van der Waals surface area contributed by atoms with Crippen molar-refractivity contribution in [2.45, 2.75) is 36.9 Å². The van der Waals surface area contributed by atoms with Gasteiger partial charge in [-0.25, -0.2) is 9.59 Å². The quantitative estimate of drug-likeness (QED) is 0.207. The number of aliphatic carboxylic acids is 2. The minimum absolute atomic E-state index is 0.0335. The van der Waals surface area contributed by atoms with Gasteiger partial charge in [-0.2, -0.15) is 0 Å². The van der Waals surface area contributed by atoms with Gasteiger partial charge in [0.1, 0.15) is 23.2 Å². The van der Waals surface area contributed by atoms with Gasteiger partial charge in [0, 0.05) is 11.5 Å². The summed E-state index contributed by atoms with van der Waals surface area (Å²) in [6.45, 7) is 2.51. The number of hydrogen-bond acceptors (Lipinski definition) is 10. The molecule has 0 radical (unpaired) electrons. The number of nitrogens with one attached hydrogen (secondary N) is 1. The van der Waals surface area contributed by atoms with E-state index in [1.807, 2.05) is 0 Å². The van der Waals surface area contributed by atoms with Gasteiger partial charge in [-0.15, -0.1) is 11.8 Å². The van der Waals surface area contributed by atoms with Crippen molar-refractivity contribution in [1.29, 1.82) is 0 Å². The summed E-state index contributed by atoms with van der Waals surface area (Å²) >= 11 is 8.31. The number of aliphatic imine (C=N–C) groups is 1. The van der Waals surface area contributed by atoms with Gasteiger partial charge in [0.15, 0.2) is 10.9 Å². The van der Waals surface area contributed by atoms with Crippen molar-refractivity contribution in [3.05, 3.63) is 10.7 Å². The van der Waals surface area contributed by atoms with Crippen molar-refractivity contribution in [3.8, 4) is 0 Å². The largest absolute Gasteiger partial charge is 0.478 e. The number of fused-ring (bicyclic) bond motifs is 1. The zero-order valence-corrected chi connectivity index (χ0v) is 18.6. The normalized spacial score (nSPS) is 26.1. The molecule has 12 nitrogen and oxygen atoms in total. The molecule has 5 N–H and O–H groups in total. The predicted molar refractivity (Wildman–Crippen MR) is 114 cm³/mol. The number of β-lactam (4-membered cyclic amide) rings is 1. The molecule has 3 atom stereocenters. The molecule has 15 heteroatoms. The van der Waals surface area contributed by atoms with Crippen LogP contribution < -0.4 is 11.1 Å². The molecular formula is C16H18ClN5O7S2. The number of amidine groups is 1. The molecule has 0 aromatic heterocycles. The lowest BCUT2D eigenvalue weighted by Crippen LogP contribution is -2.71. The molecule has 0 aromatic carbocycles. The van der Waals surface area contributed by atoms with E-state index >= 15 is 0 Å². The SMILES string of the molecule is CC(C)(O/N=C(\C(=O)N[C@@H]1C(=O)N2C(C(=O)O)=C(Cl)CS[C@H]12)C1CSC(N)=N1)C(=O)O. The Balaban J connectivity index is 1.80. The molecule has 3 aliphatic heterocycles. The molecule has 0 aromatic rings. The summed E-state index contributed by atoms with van der Waals surface area (Å²) in [5, 5.41) is 24.3. The van der Waals surface area contributed by atoms with Crippen LogP contribution in [-0.4, -0.2) is 84.3 Å². The number of carboxylic acids is 2. The third kappa shape index (κ3) is 4.45. The number of carbonyl (C=O) groups excluding carboxylic acids is 2. The number of thioether (sulfide) groups is 2. The summed E-state index contributed by atoms with van der Waals surface area (Å²) in [5.41, 5.74) is 3.37. The summed E-state index contributed by atoms with van der Waals surface area (Å²) in [4.78, 5) is 58.3. The second-order valence-corrected chi connectivity index (χ2v) is 9.70. The first-order valence-electron chi connectivity index (χ1n) is 8.77. The number of nitrogens with zero attached hydrogens (tertiary/aromatic N) is 3. The summed E-state index contributed by atoms with van der Waals surface area (Å²) < 4.78 is 0. The van der Waals surface area contributed by atoms with E-state index in [0.717, 1.165) is 4.90 Å². The second kappa shape index (κ2) is 8.59. The van der Waals surface area contributed by atoms with E-state index in [2.05, 4.69) is 15.5 Å². The highest BCUT2D eigenvalue weighted by Gasteiger charge is 2.54. The van der Waals surface area contributed by atoms with Crippen molar-refractivity contribution in [2.75, 3.05) is 11.5 Å². The number of hydrogen-bond donors (Lipinski definition) is 4. The van der Waals surface area contributed by atoms with Gasteiger partial charge >= 0.3 is 11.9 Å². The standard InChI is InChI=1S/C16H18ClN5O7S2/c1-16(2,14(27)28)29-21-7(6-4-31-15(18)19-6)10(23)20-8-11(24)22-9(13(25)26)5(17)3-30-12(8)22/h6,8,12H,3-4H2,1-2H3,(H2,18,19)(H,20,23)(H,25,26)(H,27,28)/b21-7-/t6?,8-,12-/m1/s1. The van der Waals surface area contributed by atoms with Crippen LogP contribution in [0.5, 0.6) is 0 Å². The Morgan fingerprint density at radius 3 is 2.61 bits per heavy atom. The molecule has 3 aliphatic rings. The van der Waals surface area contributed by atoms with Gasteiger partial charge in [0.05, 0.1) is 5.03 Å². The third-order valence-electron chi connectivity index (χ3n) is 4.52. The van der Waals surface area contributed by atoms with E-state index < -0.39 is 46.8 Å². The molecule has 3 heterocycles. The molecule has 3 rings (SSSR count). The fraction of sp³-hybridized carbons (Fsp3) is 0.500. The topological polar surface area (TPSA) is 184 Å². The van der Waals surface area contributed by atoms with Crippen LogP contribution in [0.2, 0.25) is 0 Å². The van der Waals surface area contributed by atoms with Crippen molar-refractivity contribution in [1.82, 2.24) is 10.2 Å². The van der Waals surface area contributed by atoms with Crippen LogP contribution in [-0.2, 0) is 24.0 Å². The lowest BCUT2D eigenvalue weighted by atomic mass is 10.0. The first-order valence-corrected chi connectivity index (χ1v) is 11.2. The Kier molecular flexibility index (Phi) is 6.43. The first kappa shape index (κ1) is 23.2. The predicted octanol–water partition coefficient (Wildman–Crippen LogP) is -0.413. The fourth-order valence-corrected chi connectivity index (χ4v) is 5.10. The van der Waals surface area contributed by atoms with Crippen LogP contribution in [0.4, 0.5) is 0 Å². The maximum atomic E-state index is 12.9. The summed E-state index contributed by atoms with van der Waals surface area (Å²) in [6.07, 6.45) is 0. The Labute approximate surface area is 189 Å². The van der Waals surface area contributed by atoms with E-state index in [-0.39, 0.29) is 33.1 Å². The van der Waals surface area contributed by atoms with Crippen LogP contribution in [0.25, 0.3) is 0 Å². The Morgan fingerprint density at radius 2 is 2.06 bits per heavy atom. The van der Waals surface area contributed by atoms with Gasteiger partial charge in [0.2, 0.25) is 5.60 Å².